The van der Waals surface area contributed by atoms with Crippen LogP contribution in [0.5, 0.6) is 5.75 Å². The van der Waals surface area contributed by atoms with E-state index in [0.717, 1.165) is 13.0 Å². The Labute approximate surface area is 117 Å². The van der Waals surface area contributed by atoms with Crippen LogP contribution in [-0.4, -0.2) is 48.8 Å². The highest BCUT2D eigenvalue weighted by Gasteiger charge is 2.21. The van der Waals surface area contributed by atoms with Crippen LogP contribution in [0, 0.1) is 0 Å². The van der Waals surface area contributed by atoms with Crippen molar-refractivity contribution in [3.8, 4) is 5.75 Å². The van der Waals surface area contributed by atoms with Crippen molar-refractivity contribution in [3.63, 3.8) is 0 Å². The third-order valence-corrected chi connectivity index (χ3v) is 3.35. The fourth-order valence-electron chi connectivity index (χ4n) is 2.10. The molecular weight excluding hydrogens is 268 g/mol. The monoisotopic (exact) mass is 284 g/mol. The lowest BCUT2D eigenvalue weighted by molar-refractivity contribution is -0.117. The van der Waals surface area contributed by atoms with Gasteiger partial charge in [0.25, 0.3) is 0 Å². The van der Waals surface area contributed by atoms with Gasteiger partial charge in [0, 0.05) is 18.8 Å². The van der Waals surface area contributed by atoms with Crippen molar-refractivity contribution in [2.75, 3.05) is 32.1 Å². The first kappa shape index (κ1) is 14.1. The van der Waals surface area contributed by atoms with E-state index in [1.165, 1.54) is 7.11 Å². The number of hydrogen-bond acceptors (Lipinski definition) is 4. The van der Waals surface area contributed by atoms with Crippen LogP contribution in [0.25, 0.3) is 0 Å². The Morgan fingerprint density at radius 2 is 2.42 bits per heavy atom. The molecule has 1 aliphatic rings. The molecule has 2 N–H and O–H groups in total. The summed E-state index contributed by atoms with van der Waals surface area (Å²) in [5.41, 5.74) is 0.635. The van der Waals surface area contributed by atoms with E-state index in [9.17, 15) is 9.90 Å². The van der Waals surface area contributed by atoms with Gasteiger partial charge in [-0.05, 0) is 24.6 Å². The molecule has 1 saturated heterocycles. The molecule has 1 aromatic rings. The Balaban J connectivity index is 1.90. The summed E-state index contributed by atoms with van der Waals surface area (Å²) in [5.74, 6) is 0.456. The zero-order chi connectivity index (χ0) is 13.8. The van der Waals surface area contributed by atoms with Crippen LogP contribution in [0.2, 0.25) is 5.02 Å². The lowest BCUT2D eigenvalue weighted by Crippen LogP contribution is -2.32. The Morgan fingerprint density at radius 1 is 1.63 bits per heavy atom. The number of amides is 1. The molecule has 19 heavy (non-hydrogen) atoms. The number of ether oxygens (including phenoxy) is 1. The van der Waals surface area contributed by atoms with Gasteiger partial charge in [-0.2, -0.15) is 0 Å². The molecule has 1 aliphatic heterocycles. The smallest absolute Gasteiger partial charge is 0.238 e. The molecule has 0 spiro atoms. The van der Waals surface area contributed by atoms with Gasteiger partial charge in [-0.15, -0.1) is 0 Å². The molecule has 1 heterocycles. The number of aliphatic hydroxyl groups excluding tert-OH is 1. The predicted molar refractivity (Wildman–Crippen MR) is 73.7 cm³/mol. The largest absolute Gasteiger partial charge is 0.495 e. The van der Waals surface area contributed by atoms with Crippen molar-refractivity contribution in [2.45, 2.75) is 12.5 Å². The zero-order valence-electron chi connectivity index (χ0n) is 10.7. The van der Waals surface area contributed by atoms with Crippen LogP contribution in [0.4, 0.5) is 5.69 Å². The van der Waals surface area contributed by atoms with Crippen LogP contribution in [0.15, 0.2) is 18.2 Å². The number of nitrogens with one attached hydrogen (secondary N) is 1. The van der Waals surface area contributed by atoms with Gasteiger partial charge in [0.1, 0.15) is 5.75 Å². The minimum absolute atomic E-state index is 0.115. The van der Waals surface area contributed by atoms with Crippen molar-refractivity contribution in [2.24, 2.45) is 0 Å². The van der Waals surface area contributed by atoms with Crippen LogP contribution < -0.4 is 10.1 Å². The zero-order valence-corrected chi connectivity index (χ0v) is 11.5. The summed E-state index contributed by atoms with van der Waals surface area (Å²) < 4.78 is 5.04. The highest BCUT2D eigenvalue weighted by atomic mass is 35.5. The first-order valence-electron chi connectivity index (χ1n) is 6.12. The first-order chi connectivity index (χ1) is 9.08. The van der Waals surface area contributed by atoms with Crippen LogP contribution in [0.1, 0.15) is 6.42 Å². The molecular formula is C13H17ClN2O3. The Bertz CT molecular complexity index is 467. The SMILES string of the molecule is COc1ccc(NC(=O)CN2CC[C@@H](O)C2)cc1Cl. The van der Waals surface area contributed by atoms with E-state index in [1.807, 2.05) is 4.90 Å². The normalized spacial score (nSPS) is 19.4. The fraction of sp³-hybridized carbons (Fsp3) is 0.462. The van der Waals surface area contributed by atoms with Crippen molar-refractivity contribution in [1.29, 1.82) is 0 Å². The quantitative estimate of drug-likeness (QED) is 0.876. The highest BCUT2D eigenvalue weighted by Crippen LogP contribution is 2.27. The van der Waals surface area contributed by atoms with Crippen LogP contribution in [-0.2, 0) is 4.79 Å². The number of carbonyl (C=O) groups is 1. The van der Waals surface area contributed by atoms with Gasteiger partial charge in [-0.25, -0.2) is 0 Å². The Hall–Kier alpha value is -1.30. The minimum Gasteiger partial charge on any atom is -0.495 e. The molecule has 1 aromatic carbocycles. The number of likely N-dealkylation sites (tertiary alicyclic amines) is 1. The standard InChI is InChI=1S/C13H17ClN2O3/c1-19-12-3-2-9(6-11(12)14)15-13(18)8-16-5-4-10(17)7-16/h2-3,6,10,17H,4-5,7-8H2,1H3,(H,15,18)/t10-/m1/s1. The van der Waals surface area contributed by atoms with Gasteiger partial charge in [0.05, 0.1) is 24.8 Å². The molecule has 0 unspecified atom stereocenters. The molecule has 104 valence electrons. The van der Waals surface area contributed by atoms with Gasteiger partial charge in [-0.1, -0.05) is 11.6 Å². The second-order valence-electron chi connectivity index (χ2n) is 4.58. The number of carbonyl (C=O) groups excluding carboxylic acids is 1. The van der Waals surface area contributed by atoms with Gasteiger partial charge in [0.2, 0.25) is 5.91 Å². The number of hydrogen-bond donors (Lipinski definition) is 2. The van der Waals surface area contributed by atoms with E-state index < -0.39 is 0 Å². The Kier molecular flexibility index (Phi) is 4.63. The molecule has 0 aromatic heterocycles. The summed E-state index contributed by atoms with van der Waals surface area (Å²) in [6, 6.07) is 5.09. The molecule has 1 fully saturated rings. The minimum atomic E-state index is -0.316. The molecule has 0 aliphatic carbocycles. The number of benzene rings is 1. The van der Waals surface area contributed by atoms with E-state index in [4.69, 9.17) is 16.3 Å². The van der Waals surface area contributed by atoms with Crippen LogP contribution >= 0.6 is 11.6 Å². The highest BCUT2D eigenvalue weighted by molar-refractivity contribution is 6.32. The number of anilines is 1. The van der Waals surface area contributed by atoms with E-state index in [2.05, 4.69) is 5.32 Å². The molecule has 0 bridgehead atoms. The van der Waals surface area contributed by atoms with E-state index >= 15 is 0 Å². The summed E-state index contributed by atoms with van der Waals surface area (Å²) in [6.45, 7) is 1.58. The number of rotatable bonds is 4. The third kappa shape index (κ3) is 3.83. The van der Waals surface area contributed by atoms with Gasteiger partial charge in [0.15, 0.2) is 0 Å². The average molecular weight is 285 g/mol. The number of β-amino-alcohol motifs (C(OH)–C–C–N with tert-alkyl or cyclic N) is 1. The van der Waals surface area contributed by atoms with Gasteiger partial charge in [-0.3, -0.25) is 9.69 Å². The van der Waals surface area contributed by atoms with E-state index in [-0.39, 0.29) is 18.6 Å². The molecule has 0 radical (unpaired) electrons. The summed E-state index contributed by atoms with van der Waals surface area (Å²) in [5, 5.41) is 12.6. The fourth-order valence-corrected chi connectivity index (χ4v) is 2.36. The maximum absolute atomic E-state index is 11.8. The molecule has 5 nitrogen and oxygen atoms in total. The summed E-state index contributed by atoms with van der Waals surface area (Å²) in [6.07, 6.45) is 0.407. The van der Waals surface area contributed by atoms with Crippen molar-refractivity contribution < 1.29 is 14.6 Å². The van der Waals surface area contributed by atoms with Gasteiger partial charge < -0.3 is 15.2 Å². The summed E-state index contributed by atoms with van der Waals surface area (Å²) in [7, 11) is 1.54. The Morgan fingerprint density at radius 3 is 3.00 bits per heavy atom. The number of methoxy groups -OCH3 is 1. The average Bonchev–Trinajstić information content (AvgIpc) is 2.74. The van der Waals surface area contributed by atoms with Crippen LogP contribution in [0.3, 0.4) is 0 Å². The third-order valence-electron chi connectivity index (χ3n) is 3.05. The molecule has 0 saturated carbocycles. The lowest BCUT2D eigenvalue weighted by Gasteiger charge is -2.14. The van der Waals surface area contributed by atoms with E-state index in [0.29, 0.717) is 23.0 Å². The summed E-state index contributed by atoms with van der Waals surface area (Å²) >= 11 is 5.98. The van der Waals surface area contributed by atoms with Gasteiger partial charge >= 0.3 is 0 Å². The van der Waals surface area contributed by atoms with Crippen molar-refractivity contribution in [1.82, 2.24) is 4.90 Å². The maximum Gasteiger partial charge on any atom is 0.238 e. The number of aliphatic hydroxyl groups is 1. The molecule has 2 rings (SSSR count). The van der Waals surface area contributed by atoms with Crippen molar-refractivity contribution in [3.05, 3.63) is 23.2 Å². The maximum atomic E-state index is 11.8. The predicted octanol–water partition coefficient (Wildman–Crippen LogP) is 1.35. The van der Waals surface area contributed by atoms with E-state index in [1.54, 1.807) is 18.2 Å². The topological polar surface area (TPSA) is 61.8 Å². The molecule has 1 amide bonds. The first-order valence-corrected chi connectivity index (χ1v) is 6.50. The second kappa shape index (κ2) is 6.23. The molecule has 1 atom stereocenters. The molecule has 6 heteroatoms. The summed E-state index contributed by atoms with van der Waals surface area (Å²) in [4.78, 5) is 13.8. The van der Waals surface area contributed by atoms with Crippen molar-refractivity contribution >= 4 is 23.2 Å². The lowest BCUT2D eigenvalue weighted by atomic mass is 10.3. The number of nitrogens with zero attached hydrogens (tertiary/aromatic N) is 1. The number of halogens is 1. The second-order valence-corrected chi connectivity index (χ2v) is 4.98.